The fourth-order valence-electron chi connectivity index (χ4n) is 1.43. The first kappa shape index (κ1) is 8.02. The molecule has 1 N–H and O–H groups in total. The molecule has 0 spiro atoms. The van der Waals surface area contributed by atoms with Crippen LogP contribution in [0.1, 0.15) is 20.3 Å². The van der Waals surface area contributed by atoms with E-state index in [1.54, 1.807) is 0 Å². The van der Waals surface area contributed by atoms with Gasteiger partial charge in [-0.15, -0.1) is 0 Å². The summed E-state index contributed by atoms with van der Waals surface area (Å²) in [7, 11) is 0. The van der Waals surface area contributed by atoms with Crippen molar-refractivity contribution in [2.24, 2.45) is 11.8 Å². The summed E-state index contributed by atoms with van der Waals surface area (Å²) in [5, 5.41) is 9.56. The first-order valence-electron chi connectivity index (χ1n) is 4.01. The van der Waals surface area contributed by atoms with Gasteiger partial charge in [0, 0.05) is 11.8 Å². The highest BCUT2D eigenvalue weighted by Crippen LogP contribution is 2.21. The number of aliphatic hydroxyl groups excluding tert-OH is 1. The summed E-state index contributed by atoms with van der Waals surface area (Å²) in [6.07, 6.45) is 0.879. The van der Waals surface area contributed by atoms with E-state index < -0.39 is 0 Å². The van der Waals surface area contributed by atoms with E-state index in [4.69, 9.17) is 4.74 Å². The van der Waals surface area contributed by atoms with E-state index in [9.17, 15) is 5.11 Å². The van der Waals surface area contributed by atoms with Gasteiger partial charge in [0.2, 0.25) is 0 Å². The zero-order chi connectivity index (χ0) is 7.56. The predicted molar refractivity (Wildman–Crippen MR) is 39.8 cm³/mol. The van der Waals surface area contributed by atoms with Crippen molar-refractivity contribution < 1.29 is 9.84 Å². The van der Waals surface area contributed by atoms with E-state index in [0.29, 0.717) is 11.8 Å². The molecule has 0 aromatic rings. The fourth-order valence-corrected chi connectivity index (χ4v) is 1.43. The minimum Gasteiger partial charge on any atom is -0.392 e. The largest absolute Gasteiger partial charge is 0.392 e. The van der Waals surface area contributed by atoms with Gasteiger partial charge in [-0.05, 0) is 6.42 Å². The summed E-state index contributed by atoms with van der Waals surface area (Å²) in [5.74, 6) is 0.683. The highest BCUT2D eigenvalue weighted by molar-refractivity contribution is 4.76. The maximum atomic E-state index is 9.56. The summed E-state index contributed by atoms with van der Waals surface area (Å²) in [6.45, 7) is 5.58. The molecule has 0 aromatic carbocycles. The SMILES string of the molecule is CCC1COCC(C)C1O. The van der Waals surface area contributed by atoms with Crippen LogP contribution in [-0.2, 0) is 4.74 Å². The topological polar surface area (TPSA) is 29.5 Å². The smallest absolute Gasteiger partial charge is 0.0637 e. The average Bonchev–Trinajstić information content (AvgIpc) is 1.95. The van der Waals surface area contributed by atoms with Crippen LogP contribution >= 0.6 is 0 Å². The van der Waals surface area contributed by atoms with Gasteiger partial charge in [0.15, 0.2) is 0 Å². The Bertz CT molecular complexity index is 103. The first-order chi connectivity index (χ1) is 4.75. The van der Waals surface area contributed by atoms with Crippen molar-refractivity contribution >= 4 is 0 Å². The third kappa shape index (κ3) is 1.50. The molecule has 2 heteroatoms. The molecular weight excluding hydrogens is 128 g/mol. The molecule has 3 unspecified atom stereocenters. The van der Waals surface area contributed by atoms with Crippen molar-refractivity contribution in [2.75, 3.05) is 13.2 Å². The average molecular weight is 144 g/mol. The van der Waals surface area contributed by atoms with Crippen LogP contribution in [0, 0.1) is 11.8 Å². The third-order valence-electron chi connectivity index (χ3n) is 2.30. The van der Waals surface area contributed by atoms with Crippen LogP contribution in [-0.4, -0.2) is 24.4 Å². The van der Waals surface area contributed by atoms with Gasteiger partial charge in [0.1, 0.15) is 0 Å². The van der Waals surface area contributed by atoms with E-state index in [-0.39, 0.29) is 6.10 Å². The van der Waals surface area contributed by atoms with Crippen LogP contribution in [0.5, 0.6) is 0 Å². The lowest BCUT2D eigenvalue weighted by Crippen LogP contribution is -2.38. The molecule has 1 heterocycles. The Morgan fingerprint density at radius 2 is 2.20 bits per heavy atom. The minimum absolute atomic E-state index is 0.140. The number of aliphatic hydroxyl groups is 1. The van der Waals surface area contributed by atoms with Crippen molar-refractivity contribution in [3.63, 3.8) is 0 Å². The number of ether oxygens (including phenoxy) is 1. The van der Waals surface area contributed by atoms with Crippen molar-refractivity contribution in [3.05, 3.63) is 0 Å². The molecule has 60 valence electrons. The molecule has 1 saturated heterocycles. The molecule has 1 fully saturated rings. The van der Waals surface area contributed by atoms with E-state index in [0.717, 1.165) is 19.6 Å². The van der Waals surface area contributed by atoms with E-state index in [2.05, 4.69) is 6.92 Å². The van der Waals surface area contributed by atoms with Crippen LogP contribution in [0.25, 0.3) is 0 Å². The normalized spacial score (nSPS) is 41.7. The molecule has 0 bridgehead atoms. The van der Waals surface area contributed by atoms with Gasteiger partial charge in [-0.1, -0.05) is 13.8 Å². The highest BCUT2D eigenvalue weighted by atomic mass is 16.5. The van der Waals surface area contributed by atoms with Gasteiger partial charge in [-0.2, -0.15) is 0 Å². The Morgan fingerprint density at radius 3 is 2.70 bits per heavy atom. The Labute approximate surface area is 62.2 Å². The second kappa shape index (κ2) is 3.35. The summed E-state index contributed by atoms with van der Waals surface area (Å²) >= 11 is 0. The second-order valence-corrected chi connectivity index (χ2v) is 3.17. The highest BCUT2D eigenvalue weighted by Gasteiger charge is 2.27. The molecule has 1 rings (SSSR count). The summed E-state index contributed by atoms with van der Waals surface area (Å²) in [5.41, 5.74) is 0. The predicted octanol–water partition coefficient (Wildman–Crippen LogP) is 1.04. The summed E-state index contributed by atoms with van der Waals surface area (Å²) < 4.78 is 5.30. The van der Waals surface area contributed by atoms with Gasteiger partial charge in [-0.3, -0.25) is 0 Å². The first-order valence-corrected chi connectivity index (χ1v) is 4.01. The Balaban J connectivity index is 2.42. The van der Waals surface area contributed by atoms with Gasteiger partial charge < -0.3 is 9.84 Å². The standard InChI is InChI=1S/C8H16O2/c1-3-7-5-10-4-6(2)8(7)9/h6-9H,3-5H2,1-2H3. The van der Waals surface area contributed by atoms with E-state index >= 15 is 0 Å². The molecular formula is C8H16O2. The number of rotatable bonds is 1. The zero-order valence-electron chi connectivity index (χ0n) is 6.71. The molecule has 0 amide bonds. The van der Waals surface area contributed by atoms with Crippen LogP contribution in [0.3, 0.4) is 0 Å². The summed E-state index contributed by atoms with van der Waals surface area (Å²) in [4.78, 5) is 0. The van der Waals surface area contributed by atoms with Crippen molar-refractivity contribution in [1.29, 1.82) is 0 Å². The molecule has 2 nitrogen and oxygen atoms in total. The van der Waals surface area contributed by atoms with Gasteiger partial charge in [-0.25, -0.2) is 0 Å². The Hall–Kier alpha value is -0.0800. The van der Waals surface area contributed by atoms with E-state index in [1.807, 2.05) is 6.92 Å². The lowest BCUT2D eigenvalue weighted by atomic mass is 9.89. The second-order valence-electron chi connectivity index (χ2n) is 3.17. The monoisotopic (exact) mass is 144 g/mol. The maximum Gasteiger partial charge on any atom is 0.0637 e. The van der Waals surface area contributed by atoms with Crippen molar-refractivity contribution in [1.82, 2.24) is 0 Å². The van der Waals surface area contributed by atoms with Gasteiger partial charge in [0.05, 0.1) is 19.3 Å². The summed E-state index contributed by atoms with van der Waals surface area (Å²) in [6, 6.07) is 0. The fraction of sp³-hybridized carbons (Fsp3) is 1.00. The molecule has 0 aromatic heterocycles. The molecule has 10 heavy (non-hydrogen) atoms. The van der Waals surface area contributed by atoms with Crippen LogP contribution in [0.15, 0.2) is 0 Å². The zero-order valence-corrected chi connectivity index (χ0v) is 6.71. The van der Waals surface area contributed by atoms with Crippen LogP contribution in [0.2, 0.25) is 0 Å². The quantitative estimate of drug-likeness (QED) is 0.596. The van der Waals surface area contributed by atoms with Gasteiger partial charge >= 0.3 is 0 Å². The molecule has 0 aliphatic carbocycles. The van der Waals surface area contributed by atoms with E-state index in [1.165, 1.54) is 0 Å². The number of hydrogen-bond donors (Lipinski definition) is 1. The molecule has 0 radical (unpaired) electrons. The third-order valence-corrected chi connectivity index (χ3v) is 2.30. The molecule has 1 aliphatic rings. The maximum absolute atomic E-state index is 9.56. The molecule has 0 saturated carbocycles. The Morgan fingerprint density at radius 1 is 1.50 bits per heavy atom. The Kier molecular flexibility index (Phi) is 2.69. The van der Waals surface area contributed by atoms with Crippen molar-refractivity contribution in [2.45, 2.75) is 26.4 Å². The van der Waals surface area contributed by atoms with Crippen LogP contribution < -0.4 is 0 Å². The molecule has 3 atom stereocenters. The minimum atomic E-state index is -0.140. The lowest BCUT2D eigenvalue weighted by Gasteiger charge is -2.31. The van der Waals surface area contributed by atoms with Crippen LogP contribution in [0.4, 0.5) is 0 Å². The number of hydrogen-bond acceptors (Lipinski definition) is 2. The van der Waals surface area contributed by atoms with Crippen molar-refractivity contribution in [3.8, 4) is 0 Å². The molecule has 1 aliphatic heterocycles. The van der Waals surface area contributed by atoms with Gasteiger partial charge in [0.25, 0.3) is 0 Å². The lowest BCUT2D eigenvalue weighted by molar-refractivity contribution is -0.0743.